The molecule has 178 valence electrons. The quantitative estimate of drug-likeness (QED) is 0.530. The molecule has 2 aromatic rings. The highest BCUT2D eigenvalue weighted by molar-refractivity contribution is 7.18. The van der Waals surface area contributed by atoms with E-state index in [9.17, 15) is 19.2 Å². The Morgan fingerprint density at radius 3 is 2.39 bits per heavy atom. The third-order valence-electron chi connectivity index (χ3n) is 5.41. The molecule has 1 N–H and O–H groups in total. The first-order valence-electron chi connectivity index (χ1n) is 11.0. The van der Waals surface area contributed by atoms with E-state index >= 15 is 0 Å². The fourth-order valence-electron chi connectivity index (χ4n) is 3.70. The fraction of sp³-hybridized carbons (Fsp3) is 0.478. The Bertz CT molecular complexity index is 1050. The Morgan fingerprint density at radius 2 is 1.76 bits per heavy atom. The molecule has 10 heteroatoms. The molecular formula is C23H28N2O6S2. The van der Waals surface area contributed by atoms with Gasteiger partial charge in [0, 0.05) is 18.0 Å². The van der Waals surface area contributed by atoms with Crippen molar-refractivity contribution in [3.8, 4) is 0 Å². The number of hydrogen-bond acceptors (Lipinski definition) is 8. The summed E-state index contributed by atoms with van der Waals surface area (Å²) in [5, 5.41) is 2.83. The van der Waals surface area contributed by atoms with Gasteiger partial charge in [-0.1, -0.05) is 0 Å². The molecule has 33 heavy (non-hydrogen) atoms. The zero-order chi connectivity index (χ0) is 24.1. The zero-order valence-electron chi connectivity index (χ0n) is 19.2. The average molecular weight is 493 g/mol. The number of rotatable bonds is 9. The van der Waals surface area contributed by atoms with E-state index in [1.807, 2.05) is 19.9 Å². The van der Waals surface area contributed by atoms with Gasteiger partial charge in [-0.15, -0.1) is 22.7 Å². The van der Waals surface area contributed by atoms with E-state index in [1.54, 1.807) is 18.7 Å². The summed E-state index contributed by atoms with van der Waals surface area (Å²) in [4.78, 5) is 54.0. The van der Waals surface area contributed by atoms with E-state index in [-0.39, 0.29) is 23.1 Å². The van der Waals surface area contributed by atoms with Crippen LogP contribution in [-0.2, 0) is 27.1 Å². The monoisotopic (exact) mass is 492 g/mol. The first-order chi connectivity index (χ1) is 15.8. The number of nitrogens with zero attached hydrogens (tertiary/aromatic N) is 1. The van der Waals surface area contributed by atoms with Crippen LogP contribution in [0.5, 0.6) is 0 Å². The molecule has 0 spiro atoms. The second-order valence-corrected chi connectivity index (χ2v) is 9.65. The van der Waals surface area contributed by atoms with Gasteiger partial charge in [0.15, 0.2) is 6.61 Å². The van der Waals surface area contributed by atoms with Crippen molar-refractivity contribution < 1.29 is 28.7 Å². The molecule has 1 aliphatic carbocycles. The minimum Gasteiger partial charge on any atom is -0.462 e. The smallest absolute Gasteiger partial charge is 0.348 e. The Morgan fingerprint density at radius 1 is 1.03 bits per heavy atom. The van der Waals surface area contributed by atoms with Gasteiger partial charge in [0.05, 0.1) is 17.0 Å². The molecule has 3 rings (SSSR count). The summed E-state index contributed by atoms with van der Waals surface area (Å²) < 4.78 is 10.3. The number of nitrogens with one attached hydrogen (secondary N) is 1. The maximum Gasteiger partial charge on any atom is 0.348 e. The number of hydrogen-bond donors (Lipinski definition) is 1. The normalized spacial score (nSPS) is 12.2. The van der Waals surface area contributed by atoms with E-state index < -0.39 is 24.5 Å². The number of amides is 2. The molecule has 0 bridgehead atoms. The summed E-state index contributed by atoms with van der Waals surface area (Å²) in [5.41, 5.74) is 1.78. The van der Waals surface area contributed by atoms with Crippen molar-refractivity contribution in [3.05, 3.63) is 37.4 Å². The highest BCUT2D eigenvalue weighted by atomic mass is 32.1. The lowest BCUT2D eigenvalue weighted by atomic mass is 10.1. The molecule has 8 nitrogen and oxygen atoms in total. The van der Waals surface area contributed by atoms with Gasteiger partial charge in [-0.25, -0.2) is 9.59 Å². The molecule has 0 saturated heterocycles. The lowest BCUT2D eigenvalue weighted by Gasteiger charge is -2.18. The highest BCUT2D eigenvalue weighted by Gasteiger charge is 2.28. The second kappa shape index (κ2) is 10.9. The van der Waals surface area contributed by atoms with Crippen molar-refractivity contribution in [2.45, 2.75) is 47.0 Å². The molecule has 0 aliphatic heterocycles. The molecule has 2 amide bonds. The molecule has 0 unspecified atom stereocenters. The molecule has 0 fully saturated rings. The first kappa shape index (κ1) is 24.9. The van der Waals surface area contributed by atoms with Crippen molar-refractivity contribution in [3.63, 3.8) is 0 Å². The van der Waals surface area contributed by atoms with Crippen LogP contribution in [0.25, 0.3) is 0 Å². The second-order valence-electron chi connectivity index (χ2n) is 7.50. The van der Waals surface area contributed by atoms with Crippen LogP contribution >= 0.6 is 22.7 Å². The number of ether oxygens (including phenoxy) is 2. The fourth-order valence-corrected chi connectivity index (χ4v) is 6.03. The Kier molecular flexibility index (Phi) is 8.25. The molecule has 0 atom stereocenters. The highest BCUT2D eigenvalue weighted by Crippen LogP contribution is 2.35. The molecule has 0 aromatic carbocycles. The van der Waals surface area contributed by atoms with Crippen LogP contribution in [0.2, 0.25) is 0 Å². The lowest BCUT2D eigenvalue weighted by Crippen LogP contribution is -2.30. The molecule has 0 saturated carbocycles. The van der Waals surface area contributed by atoms with Gasteiger partial charge in [-0.05, 0) is 64.2 Å². The maximum atomic E-state index is 12.9. The van der Waals surface area contributed by atoms with Crippen LogP contribution < -0.4 is 5.32 Å². The number of fused-ring (bicyclic) bond motifs is 1. The van der Waals surface area contributed by atoms with Crippen LogP contribution in [0.1, 0.15) is 72.9 Å². The molecule has 2 heterocycles. The number of carbonyl (C=O) groups excluding carboxylic acids is 4. The summed E-state index contributed by atoms with van der Waals surface area (Å²) in [6.45, 7) is 7.77. The summed E-state index contributed by atoms with van der Waals surface area (Å²) in [5.74, 6) is -1.98. The van der Waals surface area contributed by atoms with Gasteiger partial charge >= 0.3 is 11.9 Å². The van der Waals surface area contributed by atoms with Crippen LogP contribution in [-0.4, -0.2) is 55.0 Å². The lowest BCUT2D eigenvalue weighted by molar-refractivity contribution is -0.119. The summed E-state index contributed by atoms with van der Waals surface area (Å²) in [7, 11) is 0. The largest absolute Gasteiger partial charge is 0.462 e. The summed E-state index contributed by atoms with van der Waals surface area (Å²) in [6.07, 6.45) is 3.03. The number of anilines is 1. The van der Waals surface area contributed by atoms with Crippen molar-refractivity contribution in [2.24, 2.45) is 0 Å². The number of carbonyl (C=O) groups is 4. The SMILES string of the molecule is CCOC(=O)c1c(NC(=O)COC(=O)c2cc3c(s2)CCC3)sc(C(=O)N(CC)CC)c1C. The molecule has 2 aromatic heterocycles. The van der Waals surface area contributed by atoms with Crippen molar-refractivity contribution in [2.75, 3.05) is 31.6 Å². The van der Waals surface area contributed by atoms with Gasteiger partial charge < -0.3 is 19.7 Å². The zero-order valence-corrected chi connectivity index (χ0v) is 20.9. The maximum absolute atomic E-state index is 12.9. The van der Waals surface area contributed by atoms with Gasteiger partial charge in [-0.2, -0.15) is 0 Å². The predicted octanol–water partition coefficient (Wildman–Crippen LogP) is 4.06. The summed E-state index contributed by atoms with van der Waals surface area (Å²) >= 11 is 2.43. The predicted molar refractivity (Wildman–Crippen MR) is 128 cm³/mol. The minimum absolute atomic E-state index is 0.145. The van der Waals surface area contributed by atoms with E-state index in [2.05, 4.69) is 5.32 Å². The van der Waals surface area contributed by atoms with Crippen molar-refractivity contribution in [1.82, 2.24) is 4.90 Å². The van der Waals surface area contributed by atoms with E-state index in [1.165, 1.54) is 21.8 Å². The van der Waals surface area contributed by atoms with Crippen LogP contribution in [0.4, 0.5) is 5.00 Å². The van der Waals surface area contributed by atoms with Crippen molar-refractivity contribution >= 4 is 51.4 Å². The third kappa shape index (κ3) is 5.44. The molecule has 0 radical (unpaired) electrons. The molecular weight excluding hydrogens is 464 g/mol. The van der Waals surface area contributed by atoms with E-state index in [0.717, 1.165) is 30.6 Å². The van der Waals surface area contributed by atoms with E-state index in [0.29, 0.717) is 28.4 Å². The topological polar surface area (TPSA) is 102 Å². The summed E-state index contributed by atoms with van der Waals surface area (Å²) in [6, 6.07) is 1.83. The van der Waals surface area contributed by atoms with Gasteiger partial charge in [-0.3, -0.25) is 9.59 Å². The number of thiophene rings is 2. The number of aryl methyl sites for hydroxylation is 2. The average Bonchev–Trinajstić information content (AvgIpc) is 3.46. The Hall–Kier alpha value is -2.72. The number of esters is 2. The van der Waals surface area contributed by atoms with Crippen LogP contribution in [0, 0.1) is 6.92 Å². The standard InChI is InChI=1S/C23H28N2O6S2/c1-5-25(6-2)21(27)19-13(4)18(23(29)30-7-3)20(33-19)24-17(26)12-31-22(28)16-11-14-9-8-10-15(14)32-16/h11H,5-10,12H2,1-4H3,(H,24,26). The molecule has 1 aliphatic rings. The third-order valence-corrected chi connectivity index (χ3v) is 7.82. The first-order valence-corrected chi connectivity index (χ1v) is 12.6. The Labute approximate surface area is 200 Å². The van der Waals surface area contributed by atoms with E-state index in [4.69, 9.17) is 9.47 Å². The van der Waals surface area contributed by atoms with Gasteiger partial charge in [0.2, 0.25) is 0 Å². The van der Waals surface area contributed by atoms with Crippen molar-refractivity contribution in [1.29, 1.82) is 0 Å². The minimum atomic E-state index is -0.620. The van der Waals surface area contributed by atoms with Crippen LogP contribution in [0.3, 0.4) is 0 Å². The van der Waals surface area contributed by atoms with Crippen LogP contribution in [0.15, 0.2) is 6.07 Å². The Balaban J connectivity index is 1.74. The van der Waals surface area contributed by atoms with Gasteiger partial charge in [0.25, 0.3) is 11.8 Å². The van der Waals surface area contributed by atoms with Gasteiger partial charge in [0.1, 0.15) is 9.88 Å².